The summed E-state index contributed by atoms with van der Waals surface area (Å²) in [5.74, 6) is 0.282. The van der Waals surface area contributed by atoms with E-state index in [1.807, 2.05) is 11.0 Å². The molecule has 2 aromatic carbocycles. The number of rotatable bonds is 7. The third kappa shape index (κ3) is 5.60. The third-order valence-electron chi connectivity index (χ3n) is 6.12. The smallest absolute Gasteiger partial charge is 0.223 e. The number of anilines is 1. The van der Waals surface area contributed by atoms with Gasteiger partial charge in [0.25, 0.3) is 0 Å². The number of carbonyl (C=O) groups is 1. The lowest BCUT2D eigenvalue weighted by atomic mass is 10.1. The van der Waals surface area contributed by atoms with E-state index in [-0.39, 0.29) is 5.91 Å². The SMILES string of the molecule is Cc1cccc(N2CCN(C(=O)CCN(Cc3ccccc3)C(C)C)CC2)c1C. The monoisotopic (exact) mass is 393 g/mol. The Balaban J connectivity index is 1.50. The number of piperazine rings is 1. The van der Waals surface area contributed by atoms with Gasteiger partial charge in [-0.15, -0.1) is 0 Å². The number of aryl methyl sites for hydroxylation is 1. The van der Waals surface area contributed by atoms with Crippen molar-refractivity contribution in [1.29, 1.82) is 0 Å². The standard InChI is InChI=1S/C25H35N3O/c1-20(2)28(19-23-10-6-5-7-11-23)14-13-25(29)27-17-15-26(16-18-27)24-12-8-9-21(3)22(24)4/h5-12,20H,13-19H2,1-4H3. The van der Waals surface area contributed by atoms with Gasteiger partial charge in [0.15, 0.2) is 0 Å². The van der Waals surface area contributed by atoms with Crippen LogP contribution in [0.3, 0.4) is 0 Å². The first kappa shape index (κ1) is 21.4. The maximum atomic E-state index is 12.8. The minimum absolute atomic E-state index is 0.282. The summed E-state index contributed by atoms with van der Waals surface area (Å²) in [6, 6.07) is 17.4. The van der Waals surface area contributed by atoms with Gasteiger partial charge in [-0.1, -0.05) is 42.5 Å². The molecule has 0 aromatic heterocycles. The first-order valence-electron chi connectivity index (χ1n) is 10.8. The summed E-state index contributed by atoms with van der Waals surface area (Å²) < 4.78 is 0. The molecule has 3 rings (SSSR count). The summed E-state index contributed by atoms with van der Waals surface area (Å²) in [5, 5.41) is 0. The molecule has 0 radical (unpaired) electrons. The van der Waals surface area contributed by atoms with Crippen molar-refractivity contribution in [2.45, 2.75) is 46.7 Å². The van der Waals surface area contributed by atoms with Crippen LogP contribution in [0.25, 0.3) is 0 Å². The Morgan fingerprint density at radius 3 is 2.31 bits per heavy atom. The van der Waals surface area contributed by atoms with Crippen molar-refractivity contribution in [3.63, 3.8) is 0 Å². The molecule has 0 bridgehead atoms. The summed E-state index contributed by atoms with van der Waals surface area (Å²) >= 11 is 0. The fourth-order valence-corrected chi connectivity index (χ4v) is 4.01. The third-order valence-corrected chi connectivity index (χ3v) is 6.12. The van der Waals surface area contributed by atoms with Crippen LogP contribution in [-0.2, 0) is 11.3 Å². The molecular formula is C25H35N3O. The van der Waals surface area contributed by atoms with Gasteiger partial charge in [-0.25, -0.2) is 0 Å². The van der Waals surface area contributed by atoms with Crippen molar-refractivity contribution in [1.82, 2.24) is 9.80 Å². The predicted octanol–water partition coefficient (Wildman–Crippen LogP) is 4.25. The van der Waals surface area contributed by atoms with Crippen LogP contribution >= 0.6 is 0 Å². The first-order valence-corrected chi connectivity index (χ1v) is 10.8. The average Bonchev–Trinajstić information content (AvgIpc) is 2.73. The molecule has 0 aliphatic carbocycles. The summed E-state index contributed by atoms with van der Waals surface area (Å²) in [6.45, 7) is 13.9. The van der Waals surface area contributed by atoms with Crippen LogP contribution in [0, 0.1) is 13.8 Å². The molecule has 1 aliphatic rings. The highest BCUT2D eigenvalue weighted by molar-refractivity contribution is 5.76. The number of nitrogens with zero attached hydrogens (tertiary/aromatic N) is 3. The quantitative estimate of drug-likeness (QED) is 0.703. The van der Waals surface area contributed by atoms with Crippen molar-refractivity contribution >= 4 is 11.6 Å². The van der Waals surface area contributed by atoms with E-state index in [0.717, 1.165) is 39.3 Å². The van der Waals surface area contributed by atoms with E-state index in [1.54, 1.807) is 0 Å². The highest BCUT2D eigenvalue weighted by Gasteiger charge is 2.23. The second kappa shape index (κ2) is 9.93. The van der Waals surface area contributed by atoms with Crippen molar-refractivity contribution < 1.29 is 4.79 Å². The van der Waals surface area contributed by atoms with Gasteiger partial charge in [0.1, 0.15) is 0 Å². The van der Waals surface area contributed by atoms with Crippen LogP contribution in [0.2, 0.25) is 0 Å². The molecule has 4 heteroatoms. The molecule has 0 spiro atoms. The van der Waals surface area contributed by atoms with Crippen LogP contribution in [0.4, 0.5) is 5.69 Å². The molecule has 1 fully saturated rings. The van der Waals surface area contributed by atoms with E-state index < -0.39 is 0 Å². The lowest BCUT2D eigenvalue weighted by Crippen LogP contribution is -2.49. The normalized spacial score (nSPS) is 14.7. The van der Waals surface area contributed by atoms with E-state index in [4.69, 9.17) is 0 Å². The van der Waals surface area contributed by atoms with Gasteiger partial charge in [0.2, 0.25) is 5.91 Å². The second-order valence-corrected chi connectivity index (χ2v) is 8.39. The number of amides is 1. The molecule has 0 saturated carbocycles. The van der Waals surface area contributed by atoms with Gasteiger partial charge in [-0.05, 0) is 50.5 Å². The maximum absolute atomic E-state index is 12.8. The number of hydrogen-bond acceptors (Lipinski definition) is 3. The molecule has 4 nitrogen and oxygen atoms in total. The Labute approximate surface area is 176 Å². The van der Waals surface area contributed by atoms with Crippen molar-refractivity contribution in [2.24, 2.45) is 0 Å². The molecule has 2 aromatic rings. The average molecular weight is 394 g/mol. The van der Waals surface area contributed by atoms with Crippen LogP contribution in [0.1, 0.15) is 37.0 Å². The molecule has 1 saturated heterocycles. The molecule has 156 valence electrons. The Hall–Kier alpha value is -2.33. The zero-order chi connectivity index (χ0) is 20.8. The summed E-state index contributed by atoms with van der Waals surface area (Å²) in [4.78, 5) is 19.7. The molecule has 0 atom stereocenters. The highest BCUT2D eigenvalue weighted by Crippen LogP contribution is 2.24. The Morgan fingerprint density at radius 1 is 0.966 bits per heavy atom. The zero-order valence-electron chi connectivity index (χ0n) is 18.4. The van der Waals surface area contributed by atoms with Crippen LogP contribution in [0.15, 0.2) is 48.5 Å². The van der Waals surface area contributed by atoms with Crippen LogP contribution < -0.4 is 4.90 Å². The topological polar surface area (TPSA) is 26.8 Å². The van der Waals surface area contributed by atoms with Gasteiger partial charge in [-0.2, -0.15) is 0 Å². The van der Waals surface area contributed by atoms with Crippen molar-refractivity contribution in [2.75, 3.05) is 37.6 Å². The first-order chi connectivity index (χ1) is 14.0. The fraction of sp³-hybridized carbons (Fsp3) is 0.480. The Kier molecular flexibility index (Phi) is 7.32. The van der Waals surface area contributed by atoms with Crippen LogP contribution in [-0.4, -0.2) is 54.5 Å². The summed E-state index contributed by atoms with van der Waals surface area (Å²) in [5.41, 5.74) is 5.29. The lowest BCUT2D eigenvalue weighted by Gasteiger charge is -2.37. The minimum atomic E-state index is 0.282. The summed E-state index contributed by atoms with van der Waals surface area (Å²) in [6.07, 6.45) is 0.592. The predicted molar refractivity (Wildman–Crippen MR) is 121 cm³/mol. The molecular weight excluding hydrogens is 358 g/mol. The van der Waals surface area contributed by atoms with Gasteiger partial charge in [0, 0.05) is 57.4 Å². The van der Waals surface area contributed by atoms with Gasteiger partial charge in [0.05, 0.1) is 0 Å². The second-order valence-electron chi connectivity index (χ2n) is 8.39. The molecule has 29 heavy (non-hydrogen) atoms. The van der Waals surface area contributed by atoms with Gasteiger partial charge < -0.3 is 9.80 Å². The molecule has 0 unspecified atom stereocenters. The molecule has 1 aliphatic heterocycles. The largest absolute Gasteiger partial charge is 0.368 e. The highest BCUT2D eigenvalue weighted by atomic mass is 16.2. The van der Waals surface area contributed by atoms with Gasteiger partial charge >= 0.3 is 0 Å². The number of carbonyl (C=O) groups excluding carboxylic acids is 1. The van der Waals surface area contributed by atoms with Gasteiger partial charge in [-0.3, -0.25) is 9.69 Å². The Bertz CT molecular complexity index is 795. The van der Waals surface area contributed by atoms with Crippen LogP contribution in [0.5, 0.6) is 0 Å². The molecule has 0 N–H and O–H groups in total. The zero-order valence-corrected chi connectivity index (χ0v) is 18.4. The maximum Gasteiger partial charge on any atom is 0.223 e. The van der Waals surface area contributed by atoms with E-state index in [2.05, 4.69) is 80.0 Å². The number of benzene rings is 2. The van der Waals surface area contributed by atoms with Crippen molar-refractivity contribution in [3.8, 4) is 0 Å². The van der Waals surface area contributed by atoms with E-state index in [0.29, 0.717) is 12.5 Å². The minimum Gasteiger partial charge on any atom is -0.368 e. The summed E-state index contributed by atoms with van der Waals surface area (Å²) in [7, 11) is 0. The molecule has 1 heterocycles. The fourth-order valence-electron chi connectivity index (χ4n) is 4.01. The van der Waals surface area contributed by atoms with E-state index in [1.165, 1.54) is 22.4 Å². The molecule has 1 amide bonds. The van der Waals surface area contributed by atoms with Crippen molar-refractivity contribution in [3.05, 3.63) is 65.2 Å². The lowest BCUT2D eigenvalue weighted by molar-refractivity contribution is -0.132. The Morgan fingerprint density at radius 2 is 1.66 bits per heavy atom. The van der Waals surface area contributed by atoms with E-state index in [9.17, 15) is 4.79 Å². The van der Waals surface area contributed by atoms with E-state index >= 15 is 0 Å². The number of hydrogen-bond donors (Lipinski definition) is 0.